The number of hydrogen-bond acceptors (Lipinski definition) is 4. The third-order valence-corrected chi connectivity index (χ3v) is 3.04. The molecule has 0 aliphatic heterocycles. The standard InChI is InChI=1S/C17H23N3O/c1-4-7-13-8-5-6-9-15(13)19-16-11-10-14(18)17(20-16)21-12(2)3/h5-6,8-12H,4,7,18H2,1-3H3,(H,19,20). The van der Waals surface area contributed by atoms with Crippen molar-refractivity contribution in [2.24, 2.45) is 0 Å². The lowest BCUT2D eigenvalue weighted by molar-refractivity contribution is 0.234. The second kappa shape index (κ2) is 6.97. The van der Waals surface area contributed by atoms with Crippen LogP contribution in [0.2, 0.25) is 0 Å². The number of aromatic nitrogens is 1. The lowest BCUT2D eigenvalue weighted by Gasteiger charge is -2.14. The first-order valence-corrected chi connectivity index (χ1v) is 7.38. The summed E-state index contributed by atoms with van der Waals surface area (Å²) in [6.45, 7) is 6.09. The maximum atomic E-state index is 5.89. The van der Waals surface area contributed by atoms with Gasteiger partial charge in [-0.2, -0.15) is 4.98 Å². The second-order valence-corrected chi connectivity index (χ2v) is 5.29. The summed E-state index contributed by atoms with van der Waals surface area (Å²) in [5.74, 6) is 1.21. The van der Waals surface area contributed by atoms with Crippen LogP contribution in [0.3, 0.4) is 0 Å². The van der Waals surface area contributed by atoms with Gasteiger partial charge in [0.2, 0.25) is 5.88 Å². The van der Waals surface area contributed by atoms with Gasteiger partial charge in [0.1, 0.15) is 5.82 Å². The minimum absolute atomic E-state index is 0.0439. The molecule has 3 N–H and O–H groups in total. The molecule has 112 valence electrons. The van der Waals surface area contributed by atoms with E-state index in [1.807, 2.05) is 32.0 Å². The van der Waals surface area contributed by atoms with Crippen molar-refractivity contribution < 1.29 is 4.74 Å². The third kappa shape index (κ3) is 4.12. The minimum Gasteiger partial charge on any atom is -0.473 e. The number of rotatable bonds is 6. The van der Waals surface area contributed by atoms with Gasteiger partial charge >= 0.3 is 0 Å². The largest absolute Gasteiger partial charge is 0.473 e. The molecule has 2 aromatic rings. The van der Waals surface area contributed by atoms with Crippen molar-refractivity contribution >= 4 is 17.2 Å². The smallest absolute Gasteiger partial charge is 0.239 e. The van der Waals surface area contributed by atoms with Gasteiger partial charge in [0.05, 0.1) is 11.8 Å². The van der Waals surface area contributed by atoms with Crippen LogP contribution in [0.4, 0.5) is 17.2 Å². The summed E-state index contributed by atoms with van der Waals surface area (Å²) in [6.07, 6.45) is 2.19. The molecule has 21 heavy (non-hydrogen) atoms. The number of aryl methyl sites for hydroxylation is 1. The summed E-state index contributed by atoms with van der Waals surface area (Å²) in [5.41, 5.74) is 8.80. The molecular weight excluding hydrogens is 262 g/mol. The first-order chi connectivity index (χ1) is 10.1. The van der Waals surface area contributed by atoms with Crippen LogP contribution in [0.5, 0.6) is 5.88 Å². The van der Waals surface area contributed by atoms with E-state index in [1.54, 1.807) is 0 Å². The Balaban J connectivity index is 2.23. The summed E-state index contributed by atoms with van der Waals surface area (Å²) < 4.78 is 5.62. The van der Waals surface area contributed by atoms with Gasteiger partial charge in [-0.15, -0.1) is 0 Å². The van der Waals surface area contributed by atoms with Gasteiger partial charge in [-0.05, 0) is 44.0 Å². The molecule has 0 aliphatic carbocycles. The topological polar surface area (TPSA) is 60.2 Å². The molecule has 0 fully saturated rings. The van der Waals surface area contributed by atoms with Crippen molar-refractivity contribution in [2.75, 3.05) is 11.1 Å². The van der Waals surface area contributed by atoms with Crippen LogP contribution in [0.25, 0.3) is 0 Å². The SMILES string of the molecule is CCCc1ccccc1Nc1ccc(N)c(OC(C)C)n1. The van der Waals surface area contributed by atoms with Gasteiger partial charge in [0.15, 0.2) is 0 Å². The zero-order valence-electron chi connectivity index (χ0n) is 12.9. The number of nitrogens with zero attached hydrogens (tertiary/aromatic N) is 1. The monoisotopic (exact) mass is 285 g/mol. The van der Waals surface area contributed by atoms with E-state index >= 15 is 0 Å². The molecule has 0 spiro atoms. The van der Waals surface area contributed by atoms with E-state index in [9.17, 15) is 0 Å². The predicted octanol–water partition coefficient (Wildman–Crippen LogP) is 4.15. The fourth-order valence-corrected chi connectivity index (χ4v) is 2.11. The molecule has 0 saturated heterocycles. The van der Waals surface area contributed by atoms with Gasteiger partial charge in [-0.25, -0.2) is 0 Å². The Morgan fingerprint density at radius 2 is 1.95 bits per heavy atom. The minimum atomic E-state index is 0.0439. The summed E-state index contributed by atoms with van der Waals surface area (Å²) in [4.78, 5) is 4.45. The van der Waals surface area contributed by atoms with Gasteiger partial charge < -0.3 is 15.8 Å². The maximum absolute atomic E-state index is 5.89. The van der Waals surface area contributed by atoms with Crippen LogP contribution in [0.15, 0.2) is 36.4 Å². The number of nitrogens with one attached hydrogen (secondary N) is 1. The Morgan fingerprint density at radius 1 is 1.19 bits per heavy atom. The lowest BCUT2D eigenvalue weighted by Crippen LogP contribution is -2.09. The molecule has 1 heterocycles. The lowest BCUT2D eigenvalue weighted by atomic mass is 10.1. The molecule has 1 aromatic carbocycles. The first-order valence-electron chi connectivity index (χ1n) is 7.38. The highest BCUT2D eigenvalue weighted by atomic mass is 16.5. The molecule has 0 unspecified atom stereocenters. The van der Waals surface area contributed by atoms with E-state index in [4.69, 9.17) is 10.5 Å². The zero-order valence-corrected chi connectivity index (χ0v) is 12.9. The van der Waals surface area contributed by atoms with Crippen molar-refractivity contribution in [1.82, 2.24) is 4.98 Å². The molecule has 1 aromatic heterocycles. The zero-order chi connectivity index (χ0) is 15.2. The number of anilines is 3. The average Bonchev–Trinajstić information content (AvgIpc) is 2.44. The Bertz CT molecular complexity index is 596. The van der Waals surface area contributed by atoms with Crippen molar-refractivity contribution in [3.05, 3.63) is 42.0 Å². The molecule has 0 amide bonds. The molecular formula is C17H23N3O. The normalized spacial score (nSPS) is 10.7. The molecule has 0 aliphatic rings. The van der Waals surface area contributed by atoms with Crippen LogP contribution in [-0.2, 0) is 6.42 Å². The fourth-order valence-electron chi connectivity index (χ4n) is 2.11. The summed E-state index contributed by atoms with van der Waals surface area (Å²) in [7, 11) is 0. The maximum Gasteiger partial charge on any atom is 0.239 e. The van der Waals surface area contributed by atoms with Gasteiger partial charge in [0.25, 0.3) is 0 Å². The molecule has 0 saturated carbocycles. The van der Waals surface area contributed by atoms with E-state index in [-0.39, 0.29) is 6.10 Å². The van der Waals surface area contributed by atoms with Crippen LogP contribution in [0.1, 0.15) is 32.8 Å². The number of ether oxygens (including phenoxy) is 1. The van der Waals surface area contributed by atoms with E-state index in [2.05, 4.69) is 35.4 Å². The van der Waals surface area contributed by atoms with Crippen molar-refractivity contribution in [1.29, 1.82) is 0 Å². The number of para-hydroxylation sites is 1. The number of hydrogen-bond donors (Lipinski definition) is 2. The van der Waals surface area contributed by atoms with Crippen LogP contribution < -0.4 is 15.8 Å². The predicted molar refractivity (Wildman–Crippen MR) is 88.1 cm³/mol. The summed E-state index contributed by atoms with van der Waals surface area (Å²) in [6, 6.07) is 12.0. The first kappa shape index (κ1) is 15.2. The van der Waals surface area contributed by atoms with Gasteiger partial charge in [-0.1, -0.05) is 31.5 Å². The Labute approximate surface area is 126 Å². The van der Waals surface area contributed by atoms with Gasteiger partial charge in [0, 0.05) is 5.69 Å². The summed E-state index contributed by atoms with van der Waals surface area (Å²) in [5, 5.41) is 3.35. The van der Waals surface area contributed by atoms with E-state index in [0.29, 0.717) is 11.6 Å². The highest BCUT2D eigenvalue weighted by molar-refractivity contribution is 5.63. The number of nitrogen functional groups attached to an aromatic ring is 1. The van der Waals surface area contributed by atoms with Crippen LogP contribution in [0, 0.1) is 0 Å². The van der Waals surface area contributed by atoms with Gasteiger partial charge in [-0.3, -0.25) is 0 Å². The number of nitrogens with two attached hydrogens (primary N) is 1. The van der Waals surface area contributed by atoms with Crippen molar-refractivity contribution in [3.63, 3.8) is 0 Å². The third-order valence-electron chi connectivity index (χ3n) is 3.04. The quantitative estimate of drug-likeness (QED) is 0.837. The van der Waals surface area contributed by atoms with E-state index in [1.165, 1.54) is 5.56 Å². The highest BCUT2D eigenvalue weighted by Gasteiger charge is 2.08. The fraction of sp³-hybridized carbons (Fsp3) is 0.353. The molecule has 0 radical (unpaired) electrons. The summed E-state index contributed by atoms with van der Waals surface area (Å²) >= 11 is 0. The van der Waals surface area contributed by atoms with Crippen molar-refractivity contribution in [3.8, 4) is 5.88 Å². The van der Waals surface area contributed by atoms with E-state index < -0.39 is 0 Å². The highest BCUT2D eigenvalue weighted by Crippen LogP contribution is 2.26. The number of pyridine rings is 1. The Morgan fingerprint density at radius 3 is 2.67 bits per heavy atom. The molecule has 4 nitrogen and oxygen atoms in total. The average molecular weight is 285 g/mol. The Kier molecular flexibility index (Phi) is 5.04. The van der Waals surface area contributed by atoms with E-state index in [0.717, 1.165) is 24.3 Å². The Hall–Kier alpha value is -2.23. The molecule has 4 heteroatoms. The van der Waals surface area contributed by atoms with Crippen molar-refractivity contribution in [2.45, 2.75) is 39.7 Å². The molecule has 0 atom stereocenters. The second-order valence-electron chi connectivity index (χ2n) is 5.29. The van der Waals surface area contributed by atoms with Crippen LogP contribution >= 0.6 is 0 Å². The number of benzene rings is 1. The van der Waals surface area contributed by atoms with Crippen LogP contribution in [-0.4, -0.2) is 11.1 Å². The molecule has 2 rings (SSSR count). The molecule has 0 bridgehead atoms.